The Hall–Kier alpha value is -1.63. The van der Waals surface area contributed by atoms with Crippen LogP contribution in [0.2, 0.25) is 0 Å². The van der Waals surface area contributed by atoms with E-state index < -0.39 is 11.9 Å². The van der Waals surface area contributed by atoms with Crippen molar-refractivity contribution in [1.82, 2.24) is 0 Å². The molecule has 2 rings (SSSR count). The Kier molecular flexibility index (Phi) is 4.94. The zero-order chi connectivity index (χ0) is 14.5. The molecule has 0 bridgehead atoms. The fraction of sp³-hybridized carbons (Fsp3) is 0.133. The highest BCUT2D eigenvalue weighted by atomic mass is 127. The largest absolute Gasteiger partial charge is 0.481 e. The fourth-order valence-corrected chi connectivity index (χ4v) is 1.93. The van der Waals surface area contributed by atoms with Crippen LogP contribution in [0.3, 0.4) is 0 Å². The van der Waals surface area contributed by atoms with E-state index in [-0.39, 0.29) is 5.91 Å². The highest BCUT2D eigenvalue weighted by Crippen LogP contribution is 2.15. The Morgan fingerprint density at radius 3 is 2.60 bits per heavy atom. The molecule has 0 aliphatic heterocycles. The molecule has 5 heteroatoms. The summed E-state index contributed by atoms with van der Waals surface area (Å²) in [5.41, 5.74) is 0.699. The molecule has 1 unspecified atom stereocenters. The predicted octanol–water partition coefficient (Wildman–Crippen LogP) is 3.84. The summed E-state index contributed by atoms with van der Waals surface area (Å²) in [5, 5.41) is 2.74. The van der Waals surface area contributed by atoms with Crippen molar-refractivity contribution in [3.8, 4) is 5.75 Å². The number of halogens is 2. The Balaban J connectivity index is 1.96. The summed E-state index contributed by atoms with van der Waals surface area (Å²) in [6, 6.07) is 13.1. The molecule has 0 aromatic heterocycles. The summed E-state index contributed by atoms with van der Waals surface area (Å²) in [6.45, 7) is 1.62. The third-order valence-electron chi connectivity index (χ3n) is 2.59. The lowest BCUT2D eigenvalue weighted by molar-refractivity contribution is -0.122. The smallest absolute Gasteiger partial charge is 0.265 e. The van der Waals surface area contributed by atoms with Crippen molar-refractivity contribution >= 4 is 34.2 Å². The number of amides is 1. The van der Waals surface area contributed by atoms with E-state index in [9.17, 15) is 9.18 Å². The van der Waals surface area contributed by atoms with Crippen molar-refractivity contribution in [3.63, 3.8) is 0 Å². The van der Waals surface area contributed by atoms with E-state index >= 15 is 0 Å². The average Bonchev–Trinajstić information content (AvgIpc) is 2.41. The SMILES string of the molecule is CC(Oc1cccc(F)c1)C(=O)Nc1ccc(I)cc1. The standard InChI is InChI=1S/C15H13FINO2/c1-10(20-14-4-2-3-11(16)9-14)15(19)18-13-7-5-12(17)6-8-13/h2-10H,1H3,(H,18,19). The van der Waals surface area contributed by atoms with E-state index in [1.807, 2.05) is 24.3 Å². The third-order valence-corrected chi connectivity index (χ3v) is 3.31. The van der Waals surface area contributed by atoms with Crippen LogP contribution in [0.1, 0.15) is 6.92 Å². The van der Waals surface area contributed by atoms with Crippen LogP contribution in [0, 0.1) is 9.39 Å². The van der Waals surface area contributed by atoms with Crippen LogP contribution >= 0.6 is 22.6 Å². The van der Waals surface area contributed by atoms with Crippen LogP contribution in [0.5, 0.6) is 5.75 Å². The zero-order valence-electron chi connectivity index (χ0n) is 10.8. The maximum Gasteiger partial charge on any atom is 0.265 e. The number of carbonyl (C=O) groups excluding carboxylic acids is 1. The highest BCUT2D eigenvalue weighted by molar-refractivity contribution is 14.1. The minimum absolute atomic E-state index is 0.282. The summed E-state index contributed by atoms with van der Waals surface area (Å²) in [5.74, 6) is -0.349. The van der Waals surface area contributed by atoms with Gasteiger partial charge in [-0.2, -0.15) is 0 Å². The molecule has 20 heavy (non-hydrogen) atoms. The average molecular weight is 385 g/mol. The third kappa shape index (κ3) is 4.19. The molecule has 1 amide bonds. The lowest BCUT2D eigenvalue weighted by atomic mass is 10.3. The number of benzene rings is 2. The molecule has 104 valence electrons. The predicted molar refractivity (Wildman–Crippen MR) is 84.3 cm³/mol. The number of carbonyl (C=O) groups is 1. The van der Waals surface area contributed by atoms with E-state index in [1.54, 1.807) is 13.0 Å². The van der Waals surface area contributed by atoms with Gasteiger partial charge in [-0.15, -0.1) is 0 Å². The molecule has 1 N–H and O–H groups in total. The second-order valence-corrected chi connectivity index (χ2v) is 5.46. The van der Waals surface area contributed by atoms with E-state index in [4.69, 9.17) is 4.74 Å². The number of hydrogen-bond donors (Lipinski definition) is 1. The van der Waals surface area contributed by atoms with Crippen molar-refractivity contribution in [2.45, 2.75) is 13.0 Å². The van der Waals surface area contributed by atoms with E-state index in [1.165, 1.54) is 18.2 Å². The summed E-state index contributed by atoms with van der Waals surface area (Å²) < 4.78 is 19.5. The first-order valence-corrected chi connectivity index (χ1v) is 7.11. The zero-order valence-corrected chi connectivity index (χ0v) is 12.9. The molecule has 0 saturated carbocycles. The van der Waals surface area contributed by atoms with E-state index in [0.29, 0.717) is 11.4 Å². The number of nitrogens with one attached hydrogen (secondary N) is 1. The van der Waals surface area contributed by atoms with Gasteiger partial charge in [-0.3, -0.25) is 4.79 Å². The van der Waals surface area contributed by atoms with Crippen molar-refractivity contribution < 1.29 is 13.9 Å². The Bertz CT molecular complexity index is 601. The monoisotopic (exact) mass is 385 g/mol. The van der Waals surface area contributed by atoms with Gasteiger partial charge in [0, 0.05) is 15.3 Å². The summed E-state index contributed by atoms with van der Waals surface area (Å²) in [4.78, 5) is 12.0. The molecule has 0 spiro atoms. The van der Waals surface area contributed by atoms with Gasteiger partial charge >= 0.3 is 0 Å². The van der Waals surface area contributed by atoms with Gasteiger partial charge in [0.2, 0.25) is 0 Å². The van der Waals surface area contributed by atoms with Gasteiger partial charge < -0.3 is 10.1 Å². The molecule has 0 aliphatic carbocycles. The van der Waals surface area contributed by atoms with E-state index in [0.717, 1.165) is 3.57 Å². The molecule has 3 nitrogen and oxygen atoms in total. The lowest BCUT2D eigenvalue weighted by Gasteiger charge is -2.14. The van der Waals surface area contributed by atoms with Gasteiger partial charge in [-0.25, -0.2) is 4.39 Å². The van der Waals surface area contributed by atoms with Crippen molar-refractivity contribution in [2.24, 2.45) is 0 Å². The Morgan fingerprint density at radius 2 is 1.95 bits per heavy atom. The number of anilines is 1. The second kappa shape index (κ2) is 6.69. The normalized spacial score (nSPS) is 11.8. The quantitative estimate of drug-likeness (QED) is 0.813. The van der Waals surface area contributed by atoms with Gasteiger partial charge in [-0.05, 0) is 65.9 Å². The number of rotatable bonds is 4. The molecule has 1 atom stereocenters. The highest BCUT2D eigenvalue weighted by Gasteiger charge is 2.15. The molecule has 0 heterocycles. The van der Waals surface area contributed by atoms with Gasteiger partial charge in [0.1, 0.15) is 11.6 Å². The van der Waals surface area contributed by atoms with Gasteiger partial charge in [-0.1, -0.05) is 6.07 Å². The first-order valence-electron chi connectivity index (χ1n) is 6.03. The molecule has 0 fully saturated rings. The van der Waals surface area contributed by atoms with Crippen LogP contribution in [-0.2, 0) is 4.79 Å². The number of hydrogen-bond acceptors (Lipinski definition) is 2. The molecule has 0 radical (unpaired) electrons. The summed E-state index contributed by atoms with van der Waals surface area (Å²) in [6.07, 6.45) is -0.712. The molecular formula is C15H13FINO2. The van der Waals surface area contributed by atoms with Crippen LogP contribution in [0.4, 0.5) is 10.1 Å². The minimum atomic E-state index is -0.712. The maximum atomic E-state index is 13.0. The number of ether oxygens (including phenoxy) is 1. The maximum absolute atomic E-state index is 13.0. The van der Waals surface area contributed by atoms with Gasteiger partial charge in [0.25, 0.3) is 5.91 Å². The Morgan fingerprint density at radius 1 is 1.25 bits per heavy atom. The first-order chi connectivity index (χ1) is 9.54. The van der Waals surface area contributed by atoms with E-state index in [2.05, 4.69) is 27.9 Å². The van der Waals surface area contributed by atoms with Crippen LogP contribution in [0.15, 0.2) is 48.5 Å². The first kappa shape index (κ1) is 14.8. The molecule has 2 aromatic carbocycles. The van der Waals surface area contributed by atoms with Crippen LogP contribution in [-0.4, -0.2) is 12.0 Å². The van der Waals surface area contributed by atoms with Crippen molar-refractivity contribution in [2.75, 3.05) is 5.32 Å². The molecule has 0 saturated heterocycles. The van der Waals surface area contributed by atoms with Crippen molar-refractivity contribution in [1.29, 1.82) is 0 Å². The van der Waals surface area contributed by atoms with Gasteiger partial charge in [0.05, 0.1) is 0 Å². The molecule has 0 aliphatic rings. The van der Waals surface area contributed by atoms with Crippen LogP contribution < -0.4 is 10.1 Å². The molecular weight excluding hydrogens is 372 g/mol. The Labute approximate surface area is 130 Å². The molecule has 2 aromatic rings. The summed E-state index contributed by atoms with van der Waals surface area (Å²) >= 11 is 2.19. The lowest BCUT2D eigenvalue weighted by Crippen LogP contribution is -2.30. The topological polar surface area (TPSA) is 38.3 Å². The van der Waals surface area contributed by atoms with Gasteiger partial charge in [0.15, 0.2) is 6.10 Å². The van der Waals surface area contributed by atoms with Crippen LogP contribution in [0.25, 0.3) is 0 Å². The minimum Gasteiger partial charge on any atom is -0.481 e. The summed E-state index contributed by atoms with van der Waals surface area (Å²) in [7, 11) is 0. The fourth-order valence-electron chi connectivity index (χ4n) is 1.58. The second-order valence-electron chi connectivity index (χ2n) is 4.21. The van der Waals surface area contributed by atoms with Crippen molar-refractivity contribution in [3.05, 3.63) is 57.9 Å².